The summed E-state index contributed by atoms with van der Waals surface area (Å²) in [7, 11) is 0. The zero-order valence-electron chi connectivity index (χ0n) is 15.1. The summed E-state index contributed by atoms with van der Waals surface area (Å²) in [6.07, 6.45) is 7.50. The number of aryl methyl sites for hydroxylation is 1. The SMILES string of the molecule is Cc1ccc(-c2ccc3c(c2)CC2(CCCN4CCCC4C2)O3)cc1. The lowest BCUT2D eigenvalue weighted by molar-refractivity contribution is 0.0649. The van der Waals surface area contributed by atoms with Gasteiger partial charge in [0.25, 0.3) is 0 Å². The fourth-order valence-electron chi connectivity index (χ4n) is 5.17. The van der Waals surface area contributed by atoms with Gasteiger partial charge in [-0.05, 0) is 74.5 Å². The van der Waals surface area contributed by atoms with Crippen LogP contribution in [0.4, 0.5) is 0 Å². The third kappa shape index (κ3) is 2.77. The Bertz CT molecular complexity index is 781. The molecule has 0 radical (unpaired) electrons. The summed E-state index contributed by atoms with van der Waals surface area (Å²) in [5.41, 5.74) is 5.39. The summed E-state index contributed by atoms with van der Waals surface area (Å²) < 4.78 is 6.61. The molecule has 0 aromatic heterocycles. The highest BCUT2D eigenvalue weighted by Gasteiger charge is 2.44. The van der Waals surface area contributed by atoms with Crippen LogP contribution in [-0.2, 0) is 6.42 Å². The van der Waals surface area contributed by atoms with Gasteiger partial charge in [0.1, 0.15) is 11.4 Å². The summed E-state index contributed by atoms with van der Waals surface area (Å²) in [6, 6.07) is 16.4. The summed E-state index contributed by atoms with van der Waals surface area (Å²) in [4.78, 5) is 2.71. The number of rotatable bonds is 1. The van der Waals surface area contributed by atoms with Crippen LogP contribution in [0.2, 0.25) is 0 Å². The van der Waals surface area contributed by atoms with Crippen molar-refractivity contribution in [1.82, 2.24) is 4.90 Å². The van der Waals surface area contributed by atoms with Crippen LogP contribution in [0.15, 0.2) is 42.5 Å². The highest BCUT2D eigenvalue weighted by Crippen LogP contribution is 2.45. The number of fused-ring (bicyclic) bond motifs is 2. The van der Waals surface area contributed by atoms with Crippen molar-refractivity contribution in [3.8, 4) is 16.9 Å². The Labute approximate surface area is 150 Å². The molecule has 0 bridgehead atoms. The second-order valence-corrected chi connectivity index (χ2v) is 8.29. The van der Waals surface area contributed by atoms with E-state index < -0.39 is 0 Å². The molecule has 2 saturated heterocycles. The number of nitrogens with zero attached hydrogens (tertiary/aromatic N) is 1. The van der Waals surface area contributed by atoms with E-state index in [-0.39, 0.29) is 5.60 Å². The molecular formula is C23H27NO. The molecule has 2 fully saturated rings. The molecule has 0 saturated carbocycles. The Morgan fingerprint density at radius 2 is 1.80 bits per heavy atom. The molecule has 0 amide bonds. The van der Waals surface area contributed by atoms with E-state index in [0.29, 0.717) is 0 Å². The average molecular weight is 333 g/mol. The first-order valence-electron chi connectivity index (χ1n) is 9.84. The maximum absolute atomic E-state index is 6.61. The van der Waals surface area contributed by atoms with Gasteiger partial charge in [-0.1, -0.05) is 35.9 Å². The van der Waals surface area contributed by atoms with E-state index in [2.05, 4.69) is 54.3 Å². The fraction of sp³-hybridized carbons (Fsp3) is 0.478. The van der Waals surface area contributed by atoms with Crippen LogP contribution in [0.5, 0.6) is 5.75 Å². The smallest absolute Gasteiger partial charge is 0.123 e. The Morgan fingerprint density at radius 3 is 2.68 bits per heavy atom. The Balaban J connectivity index is 1.42. The van der Waals surface area contributed by atoms with E-state index in [0.717, 1.165) is 18.2 Å². The number of hydrogen-bond acceptors (Lipinski definition) is 2. The van der Waals surface area contributed by atoms with Crippen molar-refractivity contribution in [2.24, 2.45) is 0 Å². The van der Waals surface area contributed by atoms with Gasteiger partial charge in [-0.15, -0.1) is 0 Å². The normalized spacial score (nSPS) is 28.4. The summed E-state index contributed by atoms with van der Waals surface area (Å²) in [5, 5.41) is 0. The molecule has 3 aliphatic rings. The van der Waals surface area contributed by atoms with E-state index in [1.54, 1.807) is 0 Å². The van der Waals surface area contributed by atoms with Crippen molar-refractivity contribution in [2.45, 2.75) is 57.1 Å². The summed E-state index contributed by atoms with van der Waals surface area (Å²) >= 11 is 0. The number of ether oxygens (including phenoxy) is 1. The lowest BCUT2D eigenvalue weighted by Crippen LogP contribution is -2.39. The maximum atomic E-state index is 6.61. The first kappa shape index (κ1) is 15.5. The predicted molar refractivity (Wildman–Crippen MR) is 102 cm³/mol. The van der Waals surface area contributed by atoms with E-state index in [1.165, 1.54) is 67.4 Å². The van der Waals surface area contributed by atoms with Gasteiger partial charge in [0.15, 0.2) is 0 Å². The second kappa shape index (κ2) is 5.88. The molecule has 2 unspecified atom stereocenters. The first-order valence-corrected chi connectivity index (χ1v) is 9.84. The van der Waals surface area contributed by atoms with E-state index >= 15 is 0 Å². The molecule has 2 heteroatoms. The molecular weight excluding hydrogens is 306 g/mol. The van der Waals surface area contributed by atoms with Gasteiger partial charge in [0, 0.05) is 18.9 Å². The van der Waals surface area contributed by atoms with Crippen molar-refractivity contribution >= 4 is 0 Å². The molecule has 2 nitrogen and oxygen atoms in total. The minimum atomic E-state index is 0.0536. The van der Waals surface area contributed by atoms with Crippen molar-refractivity contribution in [1.29, 1.82) is 0 Å². The molecule has 2 aromatic rings. The molecule has 0 N–H and O–H groups in total. The van der Waals surface area contributed by atoms with Crippen LogP contribution in [0.3, 0.4) is 0 Å². The molecule has 3 aliphatic heterocycles. The third-order valence-electron chi connectivity index (χ3n) is 6.47. The van der Waals surface area contributed by atoms with Crippen LogP contribution in [-0.4, -0.2) is 29.6 Å². The quantitative estimate of drug-likeness (QED) is 0.729. The highest BCUT2D eigenvalue weighted by atomic mass is 16.5. The van der Waals surface area contributed by atoms with Gasteiger partial charge in [0.05, 0.1) is 0 Å². The van der Waals surface area contributed by atoms with E-state index in [1.807, 2.05) is 0 Å². The molecule has 1 spiro atoms. The molecule has 2 aromatic carbocycles. The molecule has 130 valence electrons. The predicted octanol–water partition coefficient (Wildman–Crippen LogP) is 4.98. The van der Waals surface area contributed by atoms with Crippen LogP contribution in [0, 0.1) is 6.92 Å². The standard InChI is InChI=1S/C23H27NO/c1-17-5-7-18(8-6-17)19-9-10-22-20(14-19)15-23(25-22)11-3-13-24-12-2-4-21(24)16-23/h5-10,14,21H,2-4,11-13,15-16H2,1H3. The van der Waals surface area contributed by atoms with Crippen LogP contribution in [0.25, 0.3) is 11.1 Å². The monoisotopic (exact) mass is 333 g/mol. The van der Waals surface area contributed by atoms with Crippen LogP contribution in [0.1, 0.15) is 43.2 Å². The summed E-state index contributed by atoms with van der Waals surface area (Å²) in [6.45, 7) is 4.70. The minimum absolute atomic E-state index is 0.0536. The summed E-state index contributed by atoms with van der Waals surface area (Å²) in [5.74, 6) is 1.13. The topological polar surface area (TPSA) is 12.5 Å². The molecule has 25 heavy (non-hydrogen) atoms. The lowest BCUT2D eigenvalue weighted by atomic mass is 9.86. The van der Waals surface area contributed by atoms with Gasteiger partial charge in [0.2, 0.25) is 0 Å². The molecule has 3 heterocycles. The Morgan fingerprint density at radius 1 is 1.00 bits per heavy atom. The van der Waals surface area contributed by atoms with Gasteiger partial charge >= 0.3 is 0 Å². The fourth-order valence-corrected chi connectivity index (χ4v) is 5.17. The molecule has 2 atom stereocenters. The van der Waals surface area contributed by atoms with Crippen molar-refractivity contribution in [3.63, 3.8) is 0 Å². The van der Waals surface area contributed by atoms with Crippen molar-refractivity contribution < 1.29 is 4.74 Å². The van der Waals surface area contributed by atoms with Gasteiger partial charge in [-0.2, -0.15) is 0 Å². The zero-order valence-corrected chi connectivity index (χ0v) is 15.1. The van der Waals surface area contributed by atoms with Crippen molar-refractivity contribution in [2.75, 3.05) is 13.1 Å². The highest BCUT2D eigenvalue weighted by molar-refractivity contribution is 5.66. The second-order valence-electron chi connectivity index (χ2n) is 8.29. The first-order chi connectivity index (χ1) is 12.2. The van der Waals surface area contributed by atoms with E-state index in [4.69, 9.17) is 4.74 Å². The Kier molecular flexibility index (Phi) is 3.63. The number of hydrogen-bond donors (Lipinski definition) is 0. The van der Waals surface area contributed by atoms with Crippen molar-refractivity contribution in [3.05, 3.63) is 53.6 Å². The number of benzene rings is 2. The average Bonchev–Trinajstić information content (AvgIpc) is 3.15. The third-order valence-corrected chi connectivity index (χ3v) is 6.47. The Hall–Kier alpha value is -1.80. The minimum Gasteiger partial charge on any atom is -0.487 e. The zero-order chi connectivity index (χ0) is 16.9. The maximum Gasteiger partial charge on any atom is 0.123 e. The van der Waals surface area contributed by atoms with Gasteiger partial charge in [-0.25, -0.2) is 0 Å². The van der Waals surface area contributed by atoms with Crippen LogP contribution >= 0.6 is 0 Å². The lowest BCUT2D eigenvalue weighted by Gasteiger charge is -2.30. The van der Waals surface area contributed by atoms with E-state index in [9.17, 15) is 0 Å². The largest absolute Gasteiger partial charge is 0.487 e. The van der Waals surface area contributed by atoms with Gasteiger partial charge < -0.3 is 9.64 Å². The molecule has 0 aliphatic carbocycles. The van der Waals surface area contributed by atoms with Crippen LogP contribution < -0.4 is 4.74 Å². The molecule has 5 rings (SSSR count). The van der Waals surface area contributed by atoms with Gasteiger partial charge in [-0.3, -0.25) is 0 Å².